The van der Waals surface area contributed by atoms with Gasteiger partial charge in [-0.3, -0.25) is 4.90 Å². The summed E-state index contributed by atoms with van der Waals surface area (Å²) < 4.78 is 18.4. The Kier molecular flexibility index (Phi) is 6.28. The van der Waals surface area contributed by atoms with E-state index in [2.05, 4.69) is 36.2 Å². The zero-order chi connectivity index (χ0) is 27.4. The van der Waals surface area contributed by atoms with Crippen molar-refractivity contribution in [3.05, 3.63) is 51.9 Å². The van der Waals surface area contributed by atoms with Crippen molar-refractivity contribution in [1.82, 2.24) is 20.0 Å². The van der Waals surface area contributed by atoms with Crippen LogP contribution < -0.4 is 10.5 Å². The van der Waals surface area contributed by atoms with Crippen molar-refractivity contribution in [2.75, 3.05) is 32.5 Å². The molecule has 9 nitrogen and oxygen atoms in total. The zero-order valence-corrected chi connectivity index (χ0v) is 23.3. The fraction of sp³-hybridized carbons (Fsp3) is 0.548. The van der Waals surface area contributed by atoms with Crippen LogP contribution in [0.25, 0.3) is 11.5 Å². The minimum Gasteiger partial charge on any atom is -0.473 e. The van der Waals surface area contributed by atoms with Gasteiger partial charge in [0.25, 0.3) is 0 Å². The van der Waals surface area contributed by atoms with Crippen LogP contribution >= 0.6 is 0 Å². The van der Waals surface area contributed by atoms with E-state index in [-0.39, 0.29) is 12.0 Å². The van der Waals surface area contributed by atoms with E-state index >= 15 is 0 Å². The fourth-order valence-electron chi connectivity index (χ4n) is 7.64. The van der Waals surface area contributed by atoms with Gasteiger partial charge in [-0.15, -0.1) is 0 Å². The molecule has 0 saturated carbocycles. The minimum atomic E-state index is -0.396. The first-order chi connectivity index (χ1) is 19.5. The van der Waals surface area contributed by atoms with Crippen LogP contribution in [0.2, 0.25) is 0 Å². The van der Waals surface area contributed by atoms with Crippen LogP contribution in [-0.2, 0) is 23.0 Å². The van der Waals surface area contributed by atoms with Gasteiger partial charge in [-0.1, -0.05) is 11.2 Å². The molecule has 2 N–H and O–H groups in total. The van der Waals surface area contributed by atoms with Gasteiger partial charge in [0.15, 0.2) is 17.3 Å². The quantitative estimate of drug-likeness (QED) is 0.465. The number of anilines is 1. The van der Waals surface area contributed by atoms with Gasteiger partial charge in [0, 0.05) is 35.9 Å². The Morgan fingerprint density at radius 2 is 2.10 bits per heavy atom. The number of hydrogen-bond acceptors (Lipinski definition) is 9. The van der Waals surface area contributed by atoms with E-state index in [1.165, 1.54) is 12.0 Å². The third-order valence-electron chi connectivity index (χ3n) is 9.70. The molecule has 4 heterocycles. The summed E-state index contributed by atoms with van der Waals surface area (Å²) in [6.45, 7) is 4.60. The predicted molar refractivity (Wildman–Crippen MR) is 149 cm³/mol. The number of hydrogen-bond donors (Lipinski definition) is 1. The molecule has 40 heavy (non-hydrogen) atoms. The molecule has 4 atom stereocenters. The van der Waals surface area contributed by atoms with Crippen molar-refractivity contribution in [1.29, 1.82) is 5.26 Å². The molecule has 2 aliphatic heterocycles. The summed E-state index contributed by atoms with van der Waals surface area (Å²) in [4.78, 5) is 12.3. The number of aryl methyl sites for hydroxylation is 1. The molecule has 208 valence electrons. The second-order valence-electron chi connectivity index (χ2n) is 12.0. The molecule has 7 rings (SSSR count). The number of benzene rings is 1. The topological polar surface area (TPSA) is 123 Å². The van der Waals surface area contributed by atoms with E-state index in [1.807, 2.05) is 12.1 Å². The SMILES string of the molecule is C[C@H](Oc1cc([C@@H]2CCOC2)nc(-c2noc3c2CCC[C@@]32CCc3ccc(N)c(C#N)c32)n1)[C@@H]1CCCN1C. The number of ether oxygens (including phenoxy) is 2. The molecule has 3 aromatic rings. The molecular weight excluding hydrogens is 504 g/mol. The average Bonchev–Trinajstić information content (AvgIpc) is 3.76. The molecule has 1 aromatic carbocycles. The number of aromatic nitrogens is 3. The maximum atomic E-state index is 10.0. The van der Waals surface area contributed by atoms with Crippen molar-refractivity contribution in [2.45, 2.75) is 81.8 Å². The number of nitriles is 1. The van der Waals surface area contributed by atoms with Crippen LogP contribution in [0.5, 0.6) is 5.88 Å². The van der Waals surface area contributed by atoms with E-state index in [0.717, 1.165) is 80.7 Å². The number of rotatable bonds is 5. The number of nitrogens with two attached hydrogens (primary N) is 1. The maximum Gasteiger partial charge on any atom is 0.217 e. The number of nitrogens with zero attached hydrogens (tertiary/aromatic N) is 5. The first-order valence-electron chi connectivity index (χ1n) is 14.6. The lowest BCUT2D eigenvalue weighted by Crippen LogP contribution is -2.38. The molecule has 2 saturated heterocycles. The van der Waals surface area contributed by atoms with E-state index in [4.69, 9.17) is 29.7 Å². The van der Waals surface area contributed by atoms with Gasteiger partial charge < -0.3 is 19.7 Å². The van der Waals surface area contributed by atoms with Gasteiger partial charge in [-0.2, -0.15) is 10.2 Å². The lowest BCUT2D eigenvalue weighted by atomic mass is 9.68. The largest absolute Gasteiger partial charge is 0.473 e. The highest BCUT2D eigenvalue weighted by Gasteiger charge is 2.49. The summed E-state index contributed by atoms with van der Waals surface area (Å²) in [5.74, 6) is 2.16. The van der Waals surface area contributed by atoms with Crippen LogP contribution in [0.1, 0.15) is 85.1 Å². The number of fused-ring (bicyclic) bond motifs is 4. The molecular formula is C31H36N6O3. The second kappa shape index (κ2) is 9.86. The van der Waals surface area contributed by atoms with Gasteiger partial charge in [-0.05, 0) is 89.1 Å². The van der Waals surface area contributed by atoms with Gasteiger partial charge in [0.2, 0.25) is 5.88 Å². The Morgan fingerprint density at radius 3 is 2.88 bits per heavy atom. The second-order valence-corrected chi connectivity index (χ2v) is 12.0. The molecule has 0 bridgehead atoms. The van der Waals surface area contributed by atoms with Crippen LogP contribution in [0.4, 0.5) is 5.69 Å². The number of nitrogen functional groups attached to an aromatic ring is 1. The van der Waals surface area contributed by atoms with Crippen LogP contribution in [0.15, 0.2) is 22.7 Å². The lowest BCUT2D eigenvalue weighted by molar-refractivity contribution is 0.116. The Balaban J connectivity index is 1.30. The minimum absolute atomic E-state index is 0.00210. The summed E-state index contributed by atoms with van der Waals surface area (Å²) in [6, 6.07) is 8.64. The summed E-state index contributed by atoms with van der Waals surface area (Å²) in [6.07, 6.45) is 7.69. The molecule has 9 heteroatoms. The smallest absolute Gasteiger partial charge is 0.217 e. The van der Waals surface area contributed by atoms with Crippen molar-refractivity contribution < 1.29 is 14.0 Å². The highest BCUT2D eigenvalue weighted by atomic mass is 16.5. The van der Waals surface area contributed by atoms with Crippen molar-refractivity contribution in [2.24, 2.45) is 0 Å². The lowest BCUT2D eigenvalue weighted by Gasteiger charge is -2.33. The summed E-state index contributed by atoms with van der Waals surface area (Å²) in [5.41, 5.74) is 11.8. The molecule has 0 radical (unpaired) electrons. The normalized spacial score (nSPS) is 26.5. The Bertz CT molecular complexity index is 1490. The summed E-state index contributed by atoms with van der Waals surface area (Å²) >= 11 is 0. The predicted octanol–water partition coefficient (Wildman–Crippen LogP) is 4.52. The van der Waals surface area contributed by atoms with E-state index in [1.54, 1.807) is 0 Å². The highest BCUT2D eigenvalue weighted by Crippen LogP contribution is 2.54. The van der Waals surface area contributed by atoms with Gasteiger partial charge in [0.1, 0.15) is 12.2 Å². The van der Waals surface area contributed by atoms with Crippen LogP contribution in [-0.4, -0.2) is 59.0 Å². The van der Waals surface area contributed by atoms with Crippen molar-refractivity contribution >= 4 is 5.69 Å². The van der Waals surface area contributed by atoms with E-state index in [9.17, 15) is 5.26 Å². The first kappa shape index (κ1) is 25.5. The summed E-state index contributed by atoms with van der Waals surface area (Å²) in [7, 11) is 2.16. The molecule has 0 amide bonds. The van der Waals surface area contributed by atoms with E-state index in [0.29, 0.717) is 41.3 Å². The van der Waals surface area contributed by atoms with Gasteiger partial charge in [-0.25, -0.2) is 4.98 Å². The molecule has 2 fully saturated rings. The molecule has 1 spiro atoms. The number of likely N-dealkylation sites (tertiary alicyclic amines) is 1. The van der Waals surface area contributed by atoms with E-state index < -0.39 is 5.41 Å². The average molecular weight is 541 g/mol. The Morgan fingerprint density at radius 1 is 1.20 bits per heavy atom. The maximum absolute atomic E-state index is 10.0. The van der Waals surface area contributed by atoms with Gasteiger partial charge >= 0.3 is 0 Å². The monoisotopic (exact) mass is 540 g/mol. The third-order valence-corrected chi connectivity index (χ3v) is 9.70. The first-order valence-corrected chi connectivity index (χ1v) is 14.6. The Labute approximate surface area is 234 Å². The fourth-order valence-corrected chi connectivity index (χ4v) is 7.64. The van der Waals surface area contributed by atoms with Gasteiger partial charge in [0.05, 0.1) is 23.3 Å². The van der Waals surface area contributed by atoms with Crippen molar-refractivity contribution in [3.63, 3.8) is 0 Å². The van der Waals surface area contributed by atoms with Crippen molar-refractivity contribution in [3.8, 4) is 23.5 Å². The molecule has 2 aromatic heterocycles. The highest BCUT2D eigenvalue weighted by molar-refractivity contribution is 5.68. The zero-order valence-electron chi connectivity index (χ0n) is 23.3. The molecule has 2 aliphatic carbocycles. The molecule has 4 aliphatic rings. The Hall–Kier alpha value is -3.48. The summed E-state index contributed by atoms with van der Waals surface area (Å²) in [5, 5.41) is 14.6. The van der Waals surface area contributed by atoms with Crippen LogP contribution in [0.3, 0.4) is 0 Å². The molecule has 0 unspecified atom stereocenters. The number of likely N-dealkylation sites (N-methyl/N-ethyl adjacent to an activating group) is 1. The van der Waals surface area contributed by atoms with Crippen LogP contribution in [0, 0.1) is 11.3 Å². The standard InChI is InChI=1S/C31H36N6O3/c1-18(25-6-4-13-37(25)2)39-26-15-24(20-10-14-38-17-20)34-30(35-26)28-21-5-3-11-31(29(21)40-36-28)12-9-19-7-8-23(33)22(16-32)27(19)31/h7-8,15,18,20,25H,3-6,9-14,17,33H2,1-2H3/t18-,20+,25-,31-/m0/s1. The third kappa shape index (κ3) is 4.00.